The molecule has 0 aromatic heterocycles. The maximum Gasteiger partial charge on any atom is 0.417 e. The molecule has 0 bridgehead atoms. The second kappa shape index (κ2) is 6.16. The molecule has 0 unspecified atom stereocenters. The van der Waals surface area contributed by atoms with E-state index < -0.39 is 11.7 Å². The monoisotopic (exact) mass is 364 g/mol. The fraction of sp³-hybridized carbons (Fsp3) is 0.600. The molecule has 1 aromatic carbocycles. The average molecular weight is 365 g/mol. The van der Waals surface area contributed by atoms with Gasteiger partial charge in [0.1, 0.15) is 0 Å². The molecule has 1 fully saturated rings. The number of hydrogen-bond acceptors (Lipinski definition) is 2. The minimum atomic E-state index is -4.34. The minimum Gasteiger partial charge on any atom is -0.368 e. The topological polar surface area (TPSA) is 15.3 Å². The Morgan fingerprint density at radius 1 is 1.29 bits per heavy atom. The SMILES string of the molecule is CCC1(CC)CN(c2ccc(Br)c(C(F)(F)F)c2)CCN1. The highest BCUT2D eigenvalue weighted by molar-refractivity contribution is 9.10. The standard InChI is InChI=1S/C15H20BrF3N2/c1-3-14(4-2)10-21(8-7-20-14)11-5-6-13(16)12(9-11)15(17,18)19/h5-6,9,20H,3-4,7-8,10H2,1-2H3. The molecule has 6 heteroatoms. The number of alkyl halides is 3. The quantitative estimate of drug-likeness (QED) is 0.852. The van der Waals surface area contributed by atoms with Crippen LogP contribution in [0.1, 0.15) is 32.3 Å². The summed E-state index contributed by atoms with van der Waals surface area (Å²) in [4.78, 5) is 2.05. The molecule has 1 aliphatic heterocycles. The maximum atomic E-state index is 13.0. The first kappa shape index (κ1) is 16.6. The van der Waals surface area contributed by atoms with Crippen LogP contribution < -0.4 is 10.2 Å². The predicted molar refractivity (Wildman–Crippen MR) is 82.7 cm³/mol. The van der Waals surface area contributed by atoms with Crippen molar-refractivity contribution in [3.05, 3.63) is 28.2 Å². The molecular weight excluding hydrogens is 345 g/mol. The normalized spacial score (nSPS) is 18.9. The summed E-state index contributed by atoms with van der Waals surface area (Å²) in [5.74, 6) is 0. The Morgan fingerprint density at radius 3 is 2.52 bits per heavy atom. The van der Waals surface area contributed by atoms with E-state index in [-0.39, 0.29) is 10.0 Å². The van der Waals surface area contributed by atoms with Crippen molar-refractivity contribution in [3.63, 3.8) is 0 Å². The molecular formula is C15H20BrF3N2. The minimum absolute atomic E-state index is 0.0102. The van der Waals surface area contributed by atoms with Crippen molar-refractivity contribution in [1.29, 1.82) is 0 Å². The lowest BCUT2D eigenvalue weighted by molar-refractivity contribution is -0.138. The van der Waals surface area contributed by atoms with Crippen LogP contribution in [0.5, 0.6) is 0 Å². The number of rotatable bonds is 3. The summed E-state index contributed by atoms with van der Waals surface area (Å²) in [6.45, 7) is 6.48. The Kier molecular flexibility index (Phi) is 4.88. The molecule has 1 N–H and O–H groups in total. The van der Waals surface area contributed by atoms with Crippen LogP contribution in [-0.2, 0) is 6.18 Å². The Morgan fingerprint density at radius 2 is 1.95 bits per heavy atom. The van der Waals surface area contributed by atoms with Crippen LogP contribution in [0.2, 0.25) is 0 Å². The Hall–Kier alpha value is -0.750. The van der Waals surface area contributed by atoms with E-state index in [4.69, 9.17) is 0 Å². The summed E-state index contributed by atoms with van der Waals surface area (Å²) in [6.07, 6.45) is -2.42. The summed E-state index contributed by atoms with van der Waals surface area (Å²) in [5, 5.41) is 3.51. The highest BCUT2D eigenvalue weighted by atomic mass is 79.9. The molecule has 1 saturated heterocycles. The fourth-order valence-corrected chi connectivity index (χ4v) is 3.30. The van der Waals surface area contributed by atoms with Gasteiger partial charge in [0.05, 0.1) is 5.56 Å². The van der Waals surface area contributed by atoms with Crippen LogP contribution >= 0.6 is 15.9 Å². The number of benzene rings is 1. The molecule has 0 aliphatic carbocycles. The van der Waals surface area contributed by atoms with Gasteiger partial charge in [-0.25, -0.2) is 0 Å². The number of anilines is 1. The van der Waals surface area contributed by atoms with Crippen LogP contribution in [0.4, 0.5) is 18.9 Å². The second-order valence-electron chi connectivity index (χ2n) is 5.50. The lowest BCUT2D eigenvalue weighted by atomic mass is 9.90. The zero-order chi connectivity index (χ0) is 15.7. The summed E-state index contributed by atoms with van der Waals surface area (Å²) >= 11 is 2.99. The third-order valence-electron chi connectivity index (χ3n) is 4.35. The van der Waals surface area contributed by atoms with E-state index in [1.54, 1.807) is 6.07 Å². The molecule has 2 nitrogen and oxygen atoms in total. The van der Waals surface area contributed by atoms with Gasteiger partial charge < -0.3 is 10.2 Å². The third kappa shape index (κ3) is 3.54. The predicted octanol–water partition coefficient (Wildman–Crippen LogP) is 4.44. The summed E-state index contributed by atoms with van der Waals surface area (Å²) < 4.78 is 39.1. The van der Waals surface area contributed by atoms with Crippen molar-refractivity contribution in [2.75, 3.05) is 24.5 Å². The van der Waals surface area contributed by atoms with E-state index in [0.29, 0.717) is 5.69 Å². The van der Waals surface area contributed by atoms with E-state index >= 15 is 0 Å². The molecule has 0 spiro atoms. The first-order chi connectivity index (χ1) is 9.81. The highest BCUT2D eigenvalue weighted by Crippen LogP contribution is 2.37. The van der Waals surface area contributed by atoms with Crippen molar-refractivity contribution in [3.8, 4) is 0 Å². The van der Waals surface area contributed by atoms with Gasteiger partial charge in [-0.2, -0.15) is 13.2 Å². The molecule has 0 saturated carbocycles. The number of hydrogen-bond donors (Lipinski definition) is 1. The van der Waals surface area contributed by atoms with E-state index in [0.717, 1.165) is 32.5 Å². The van der Waals surface area contributed by atoms with Gasteiger partial charge in [0.25, 0.3) is 0 Å². The Labute approximate surface area is 131 Å². The largest absolute Gasteiger partial charge is 0.417 e. The van der Waals surface area contributed by atoms with Crippen LogP contribution in [0.25, 0.3) is 0 Å². The summed E-state index contributed by atoms with van der Waals surface area (Å²) in [5.41, 5.74) is 0.0133. The highest BCUT2D eigenvalue weighted by Gasteiger charge is 2.35. The van der Waals surface area contributed by atoms with Crippen LogP contribution in [-0.4, -0.2) is 25.2 Å². The number of halogens is 4. The number of nitrogens with one attached hydrogen (secondary N) is 1. The van der Waals surface area contributed by atoms with Gasteiger partial charge in [-0.1, -0.05) is 29.8 Å². The van der Waals surface area contributed by atoms with Gasteiger partial charge in [0, 0.05) is 35.3 Å². The summed E-state index contributed by atoms with van der Waals surface area (Å²) in [7, 11) is 0. The first-order valence-electron chi connectivity index (χ1n) is 7.18. The molecule has 1 aliphatic rings. The van der Waals surface area contributed by atoms with Gasteiger partial charge in [0.15, 0.2) is 0 Å². The van der Waals surface area contributed by atoms with E-state index in [1.165, 1.54) is 12.1 Å². The number of nitrogens with zero attached hydrogens (tertiary/aromatic N) is 1. The molecule has 0 radical (unpaired) electrons. The lowest BCUT2D eigenvalue weighted by Crippen LogP contribution is -2.60. The molecule has 118 valence electrons. The maximum absolute atomic E-state index is 13.0. The zero-order valence-corrected chi connectivity index (χ0v) is 13.8. The Bertz CT molecular complexity index is 498. The molecule has 0 amide bonds. The smallest absolute Gasteiger partial charge is 0.368 e. The van der Waals surface area contributed by atoms with Gasteiger partial charge in [0.2, 0.25) is 0 Å². The molecule has 2 rings (SSSR count). The molecule has 21 heavy (non-hydrogen) atoms. The second-order valence-corrected chi connectivity index (χ2v) is 6.35. The van der Waals surface area contributed by atoms with Gasteiger partial charge in [-0.05, 0) is 31.0 Å². The van der Waals surface area contributed by atoms with Crippen molar-refractivity contribution < 1.29 is 13.2 Å². The first-order valence-corrected chi connectivity index (χ1v) is 7.97. The fourth-order valence-electron chi connectivity index (χ4n) is 2.83. The van der Waals surface area contributed by atoms with E-state index in [9.17, 15) is 13.2 Å². The van der Waals surface area contributed by atoms with Crippen molar-refractivity contribution in [1.82, 2.24) is 5.32 Å². The van der Waals surface area contributed by atoms with Crippen molar-refractivity contribution in [2.24, 2.45) is 0 Å². The Balaban J connectivity index is 2.30. The van der Waals surface area contributed by atoms with E-state index in [1.807, 2.05) is 4.90 Å². The molecule has 0 atom stereocenters. The van der Waals surface area contributed by atoms with Gasteiger partial charge >= 0.3 is 6.18 Å². The zero-order valence-electron chi connectivity index (χ0n) is 12.2. The average Bonchev–Trinajstić information content (AvgIpc) is 2.46. The molecule has 1 heterocycles. The van der Waals surface area contributed by atoms with Crippen molar-refractivity contribution in [2.45, 2.75) is 38.4 Å². The van der Waals surface area contributed by atoms with Crippen LogP contribution in [0.15, 0.2) is 22.7 Å². The third-order valence-corrected chi connectivity index (χ3v) is 5.04. The number of piperazine rings is 1. The van der Waals surface area contributed by atoms with Gasteiger partial charge in [-0.15, -0.1) is 0 Å². The van der Waals surface area contributed by atoms with Crippen LogP contribution in [0.3, 0.4) is 0 Å². The van der Waals surface area contributed by atoms with E-state index in [2.05, 4.69) is 35.1 Å². The van der Waals surface area contributed by atoms with Crippen molar-refractivity contribution >= 4 is 21.6 Å². The molecule has 1 aromatic rings. The van der Waals surface area contributed by atoms with Crippen LogP contribution in [0, 0.1) is 0 Å². The lowest BCUT2D eigenvalue weighted by Gasteiger charge is -2.44. The summed E-state index contributed by atoms with van der Waals surface area (Å²) in [6, 6.07) is 4.48. The van der Waals surface area contributed by atoms with Gasteiger partial charge in [-0.3, -0.25) is 0 Å².